The molecule has 2 fully saturated rings. The maximum Gasteiger partial charge on any atom is 0.220 e. The second-order valence-corrected chi connectivity index (χ2v) is 26.4. The van der Waals surface area contributed by atoms with E-state index in [-0.39, 0.29) is 18.9 Å². The fraction of sp³-hybridized carbons (Fsp3) is 0.762. The third-order valence-corrected chi connectivity index (χ3v) is 17.9. The summed E-state index contributed by atoms with van der Waals surface area (Å²) in [6, 6.07) is -0.950. The predicted molar refractivity (Wildman–Crippen MR) is 387 cm³/mol. The van der Waals surface area contributed by atoms with Gasteiger partial charge < -0.3 is 65.1 Å². The van der Waals surface area contributed by atoms with Crippen molar-refractivity contribution in [2.75, 3.05) is 19.8 Å². The van der Waals surface area contributed by atoms with Gasteiger partial charge in [0, 0.05) is 6.42 Å². The van der Waals surface area contributed by atoms with Gasteiger partial charge in [-0.2, -0.15) is 0 Å². The smallest absolute Gasteiger partial charge is 0.220 e. The lowest BCUT2D eigenvalue weighted by Gasteiger charge is -2.46. The first-order valence-electron chi connectivity index (χ1n) is 38.1. The molecule has 1 amide bonds. The minimum Gasteiger partial charge on any atom is -0.394 e. The Bertz CT molecular complexity index is 2000. The highest BCUT2D eigenvalue weighted by atomic mass is 16.7. The molecule has 0 aromatic heterocycles. The Kier molecular flexibility index (Phi) is 58.2. The van der Waals surface area contributed by atoms with Gasteiger partial charge in [-0.1, -0.05) is 303 Å². The van der Waals surface area contributed by atoms with Gasteiger partial charge in [0.15, 0.2) is 12.6 Å². The summed E-state index contributed by atoms with van der Waals surface area (Å²) in [5.41, 5.74) is 0. The van der Waals surface area contributed by atoms with Crippen LogP contribution in [0.15, 0.2) is 109 Å². The van der Waals surface area contributed by atoms with Crippen LogP contribution in [0.2, 0.25) is 0 Å². The summed E-state index contributed by atoms with van der Waals surface area (Å²) < 4.78 is 22.9. The molecule has 0 bridgehead atoms. The number of carbonyl (C=O) groups is 1. The van der Waals surface area contributed by atoms with E-state index in [1.54, 1.807) is 6.08 Å². The first kappa shape index (κ1) is 86.7. The van der Waals surface area contributed by atoms with Crippen LogP contribution in [-0.2, 0) is 23.7 Å². The lowest BCUT2D eigenvalue weighted by Crippen LogP contribution is -2.65. The Morgan fingerprint density at radius 2 is 0.745 bits per heavy atom. The van der Waals surface area contributed by atoms with Gasteiger partial charge in [0.1, 0.15) is 48.8 Å². The molecular formula is C80H139NO13. The zero-order valence-corrected chi connectivity index (χ0v) is 59.2. The standard InChI is InChI=1S/C80H139NO13/c1-3-5-7-9-11-13-15-17-19-21-23-25-27-29-31-33-34-36-37-39-41-43-45-47-49-51-53-55-57-59-61-63-69(84)68(67-91-79-77(90)75(88)78(71(66-83)93-79)94-80-76(89)74(87)73(86)70(65-82)92-80)81-72(85)64-62-60-58-56-54-52-50-48-46-44-42-40-38-35-32-30-28-26-24-22-20-18-16-14-12-10-8-6-4-2/h6,8,12,14,18,20,24,26,30,32,38,40,45,47,53,55,61,63,68-71,73-80,82-84,86-90H,3-5,7,9-11,13,15-17,19,21-23,25,27-29,31,33-37,39,41-44,46,48-52,54,56-60,62,64-67H2,1-2H3,(H,81,85)/b8-6-,14-12-,20-18-,26-24-,32-30-,40-38-,47-45+,55-53+,63-61+. The Balaban J connectivity index is 1.68. The molecule has 0 aliphatic carbocycles. The van der Waals surface area contributed by atoms with Gasteiger partial charge in [-0.15, -0.1) is 0 Å². The molecule has 2 heterocycles. The monoisotopic (exact) mass is 1320 g/mol. The average Bonchev–Trinajstić information content (AvgIpc) is 0.794. The summed E-state index contributed by atoms with van der Waals surface area (Å²) in [6.45, 7) is 2.68. The second kappa shape index (κ2) is 63.1. The van der Waals surface area contributed by atoms with Crippen molar-refractivity contribution in [2.45, 2.75) is 370 Å². The van der Waals surface area contributed by atoms with E-state index in [1.165, 1.54) is 173 Å². The van der Waals surface area contributed by atoms with Crippen molar-refractivity contribution in [3.63, 3.8) is 0 Å². The molecule has 0 saturated carbocycles. The Morgan fingerprint density at radius 1 is 0.394 bits per heavy atom. The number of unbranched alkanes of at least 4 members (excludes halogenated alkanes) is 33. The Labute approximate surface area is 572 Å². The van der Waals surface area contributed by atoms with E-state index >= 15 is 0 Å². The van der Waals surface area contributed by atoms with Gasteiger partial charge in [0.05, 0.1) is 32.0 Å². The molecule has 9 N–H and O–H groups in total. The zero-order chi connectivity index (χ0) is 68.0. The van der Waals surface area contributed by atoms with Crippen LogP contribution in [0.4, 0.5) is 0 Å². The molecule has 0 aromatic carbocycles. The normalized spacial score (nSPS) is 23.1. The SMILES string of the molecule is CC/C=C\C/C=C\C/C=C\C/C=C\C/C=C\C/C=C\CCCCCCCCCCCCC(=O)NC(COC1OC(CO)C(OC2OC(CO)C(O)C(O)C2O)C(O)C1O)C(O)/C=C/CC/C=C/CC/C=C/CCCCCCCCCCCCCCCCCCCCCCC. The number of hydrogen-bond donors (Lipinski definition) is 9. The first-order valence-corrected chi connectivity index (χ1v) is 38.1. The topological polar surface area (TPSA) is 228 Å². The van der Waals surface area contributed by atoms with E-state index in [2.05, 4.69) is 116 Å². The van der Waals surface area contributed by atoms with E-state index in [9.17, 15) is 45.6 Å². The highest BCUT2D eigenvalue weighted by molar-refractivity contribution is 5.76. The van der Waals surface area contributed by atoms with Gasteiger partial charge >= 0.3 is 0 Å². The third kappa shape index (κ3) is 46.0. The summed E-state index contributed by atoms with van der Waals surface area (Å²) in [7, 11) is 0. The fourth-order valence-corrected chi connectivity index (χ4v) is 11.9. The van der Waals surface area contributed by atoms with Crippen molar-refractivity contribution in [3.8, 4) is 0 Å². The molecule has 14 heteroatoms. The van der Waals surface area contributed by atoms with Gasteiger partial charge in [-0.05, 0) is 96.3 Å². The summed E-state index contributed by atoms with van der Waals surface area (Å²) in [5, 5.41) is 87.6. The summed E-state index contributed by atoms with van der Waals surface area (Å²) in [5.74, 6) is -0.260. The summed E-state index contributed by atoms with van der Waals surface area (Å²) in [6.07, 6.45) is 74.4. The van der Waals surface area contributed by atoms with Crippen LogP contribution < -0.4 is 5.32 Å². The zero-order valence-electron chi connectivity index (χ0n) is 59.2. The van der Waals surface area contributed by atoms with E-state index in [0.717, 1.165) is 89.9 Å². The number of hydrogen-bond acceptors (Lipinski definition) is 13. The van der Waals surface area contributed by atoms with E-state index < -0.39 is 86.8 Å². The van der Waals surface area contributed by atoms with Crippen molar-refractivity contribution >= 4 is 5.91 Å². The van der Waals surface area contributed by atoms with Gasteiger partial charge in [0.25, 0.3) is 0 Å². The maximum absolute atomic E-state index is 13.4. The minimum atomic E-state index is -1.80. The predicted octanol–water partition coefficient (Wildman–Crippen LogP) is 16.7. The van der Waals surface area contributed by atoms with Crippen molar-refractivity contribution in [3.05, 3.63) is 109 Å². The highest BCUT2D eigenvalue weighted by Gasteiger charge is 2.51. The molecule has 2 aliphatic rings. The maximum atomic E-state index is 13.4. The third-order valence-electron chi connectivity index (χ3n) is 17.9. The Morgan fingerprint density at radius 3 is 1.17 bits per heavy atom. The van der Waals surface area contributed by atoms with Crippen LogP contribution in [0, 0.1) is 0 Å². The first-order chi connectivity index (χ1) is 46.1. The molecule has 12 unspecified atom stereocenters. The number of nitrogens with one attached hydrogen (secondary N) is 1. The molecular weight excluding hydrogens is 1180 g/mol. The summed E-state index contributed by atoms with van der Waals surface area (Å²) >= 11 is 0. The number of aliphatic hydroxyl groups is 8. The van der Waals surface area contributed by atoms with Crippen LogP contribution in [0.1, 0.15) is 296 Å². The number of aliphatic hydroxyl groups excluding tert-OH is 8. The molecule has 14 nitrogen and oxygen atoms in total. The molecule has 12 atom stereocenters. The molecule has 94 heavy (non-hydrogen) atoms. The number of ether oxygens (including phenoxy) is 4. The van der Waals surface area contributed by atoms with Crippen LogP contribution in [0.5, 0.6) is 0 Å². The van der Waals surface area contributed by atoms with Crippen LogP contribution >= 0.6 is 0 Å². The molecule has 2 saturated heterocycles. The fourth-order valence-electron chi connectivity index (χ4n) is 11.9. The number of rotatable bonds is 62. The number of amides is 1. The van der Waals surface area contributed by atoms with Crippen LogP contribution in [0.3, 0.4) is 0 Å². The lowest BCUT2D eigenvalue weighted by atomic mass is 9.97. The van der Waals surface area contributed by atoms with Crippen LogP contribution in [0.25, 0.3) is 0 Å². The Hall–Kier alpha value is -3.35. The molecule has 0 spiro atoms. The highest BCUT2D eigenvalue weighted by Crippen LogP contribution is 2.30. The number of allylic oxidation sites excluding steroid dienone is 17. The van der Waals surface area contributed by atoms with Crippen molar-refractivity contribution in [1.82, 2.24) is 5.32 Å². The van der Waals surface area contributed by atoms with Crippen molar-refractivity contribution < 1.29 is 64.6 Å². The van der Waals surface area contributed by atoms with Crippen LogP contribution in [-0.4, -0.2) is 140 Å². The molecule has 2 rings (SSSR count). The lowest BCUT2D eigenvalue weighted by molar-refractivity contribution is -0.359. The molecule has 0 radical (unpaired) electrons. The van der Waals surface area contributed by atoms with Gasteiger partial charge in [-0.25, -0.2) is 0 Å². The van der Waals surface area contributed by atoms with E-state index in [4.69, 9.17) is 18.9 Å². The minimum absolute atomic E-state index is 0.258. The van der Waals surface area contributed by atoms with Crippen molar-refractivity contribution in [2.24, 2.45) is 0 Å². The largest absolute Gasteiger partial charge is 0.394 e. The molecule has 2 aliphatic heterocycles. The molecule has 0 aromatic rings. The summed E-state index contributed by atoms with van der Waals surface area (Å²) in [4.78, 5) is 13.4. The average molecular weight is 1320 g/mol. The van der Waals surface area contributed by atoms with E-state index in [1.807, 2.05) is 6.08 Å². The second-order valence-electron chi connectivity index (χ2n) is 26.4. The van der Waals surface area contributed by atoms with E-state index in [0.29, 0.717) is 12.8 Å². The number of carbonyl (C=O) groups excluding carboxylic acids is 1. The van der Waals surface area contributed by atoms with Gasteiger partial charge in [-0.3, -0.25) is 4.79 Å². The van der Waals surface area contributed by atoms with Gasteiger partial charge in [0.2, 0.25) is 5.91 Å². The quantitative estimate of drug-likeness (QED) is 0.0204. The molecule has 542 valence electrons. The van der Waals surface area contributed by atoms with Crippen molar-refractivity contribution in [1.29, 1.82) is 0 Å².